The lowest BCUT2D eigenvalue weighted by Gasteiger charge is -2.31. The number of hydrogen-bond acceptors (Lipinski definition) is 4. The number of fused-ring (bicyclic) bond motifs is 1. The van der Waals surface area contributed by atoms with Gasteiger partial charge in [-0.2, -0.15) is 0 Å². The maximum Gasteiger partial charge on any atom is 0.365 e. The second kappa shape index (κ2) is 8.67. The minimum atomic E-state index is -0.428. The molecule has 1 aliphatic heterocycles. The molecule has 0 aromatic heterocycles. The van der Waals surface area contributed by atoms with Gasteiger partial charge in [-0.1, -0.05) is 30.3 Å². The van der Waals surface area contributed by atoms with Crippen LogP contribution in [0.4, 0.5) is 5.69 Å². The summed E-state index contributed by atoms with van der Waals surface area (Å²) in [5.74, 6) is -0.767. The molecule has 1 unspecified atom stereocenters. The van der Waals surface area contributed by atoms with Gasteiger partial charge in [-0.05, 0) is 23.8 Å². The molecule has 1 heterocycles. The van der Waals surface area contributed by atoms with Gasteiger partial charge >= 0.3 is 5.97 Å². The average molecular weight is 382 g/mol. The molecule has 0 saturated heterocycles. The van der Waals surface area contributed by atoms with Crippen molar-refractivity contribution in [1.29, 1.82) is 0 Å². The van der Waals surface area contributed by atoms with Crippen molar-refractivity contribution in [3.8, 4) is 0 Å². The fourth-order valence-electron chi connectivity index (χ4n) is 3.53. The number of quaternary nitrogens is 1. The molecule has 7 nitrogen and oxygen atoms in total. The summed E-state index contributed by atoms with van der Waals surface area (Å²) in [6.07, 6.45) is 0.539. The Labute approximate surface area is 163 Å². The zero-order valence-electron chi connectivity index (χ0n) is 16.0. The van der Waals surface area contributed by atoms with E-state index in [1.807, 2.05) is 24.3 Å². The maximum absolute atomic E-state index is 12.6. The molecular weight excluding hydrogens is 358 g/mol. The molecular formula is C21H24N3O4+. The minimum Gasteiger partial charge on any atom is -0.465 e. The summed E-state index contributed by atoms with van der Waals surface area (Å²) in [5.41, 5.74) is 3.25. The summed E-state index contributed by atoms with van der Waals surface area (Å²) in [5, 5.41) is 5.37. The quantitative estimate of drug-likeness (QED) is 0.643. The topological polar surface area (TPSA) is 88.9 Å². The van der Waals surface area contributed by atoms with Crippen LogP contribution in [0.5, 0.6) is 0 Å². The van der Waals surface area contributed by atoms with Gasteiger partial charge in [-0.15, -0.1) is 0 Å². The minimum absolute atomic E-state index is 0.123. The maximum atomic E-state index is 12.6. The van der Waals surface area contributed by atoms with Gasteiger partial charge in [0.1, 0.15) is 6.54 Å². The van der Waals surface area contributed by atoms with Crippen molar-refractivity contribution in [3.05, 3.63) is 65.2 Å². The number of hydrogen-bond donors (Lipinski definition) is 3. The van der Waals surface area contributed by atoms with Crippen LogP contribution >= 0.6 is 0 Å². The van der Waals surface area contributed by atoms with Crippen LogP contribution in [-0.4, -0.2) is 44.5 Å². The van der Waals surface area contributed by atoms with E-state index in [1.165, 1.54) is 7.11 Å². The van der Waals surface area contributed by atoms with Crippen molar-refractivity contribution in [3.63, 3.8) is 0 Å². The van der Waals surface area contributed by atoms with E-state index >= 15 is 0 Å². The molecule has 0 saturated carbocycles. The predicted molar refractivity (Wildman–Crippen MR) is 104 cm³/mol. The Morgan fingerprint density at radius 2 is 1.86 bits per heavy atom. The number of amides is 2. The standard InChI is InChI=1S/C21H23N3O4/c1-22-20(26)15-8-5-9-17(10-15)23-19(25)13-24-12-16-7-4-3-6-14(16)11-18(24)21(27)28-2/h3-10,18H,11-13H2,1-2H3,(H,22,26)(H,23,25)/p+1/t18-/m1/s1. The first-order valence-electron chi connectivity index (χ1n) is 9.13. The first kappa shape index (κ1) is 19.6. The Kier molecular flexibility index (Phi) is 6.06. The Balaban J connectivity index is 1.73. The lowest BCUT2D eigenvalue weighted by atomic mass is 9.94. The third-order valence-corrected chi connectivity index (χ3v) is 4.96. The van der Waals surface area contributed by atoms with Crippen LogP contribution in [0.1, 0.15) is 21.5 Å². The third-order valence-electron chi connectivity index (χ3n) is 4.96. The van der Waals surface area contributed by atoms with Gasteiger partial charge in [0, 0.05) is 30.3 Å². The molecule has 3 N–H and O–H groups in total. The highest BCUT2D eigenvalue weighted by Crippen LogP contribution is 2.14. The largest absolute Gasteiger partial charge is 0.465 e. The molecule has 3 rings (SSSR count). The van der Waals surface area contributed by atoms with Crippen molar-refractivity contribution in [2.75, 3.05) is 26.0 Å². The fraction of sp³-hybridized carbons (Fsp3) is 0.286. The predicted octanol–water partition coefficient (Wildman–Crippen LogP) is 0.168. The number of esters is 1. The Hall–Kier alpha value is -3.19. The summed E-state index contributed by atoms with van der Waals surface area (Å²) in [6.45, 7) is 0.694. The second-order valence-corrected chi connectivity index (χ2v) is 6.77. The van der Waals surface area contributed by atoms with Gasteiger partial charge in [0.15, 0.2) is 12.6 Å². The van der Waals surface area contributed by atoms with Crippen LogP contribution in [0.25, 0.3) is 0 Å². The molecule has 0 bridgehead atoms. The van der Waals surface area contributed by atoms with E-state index in [2.05, 4.69) is 10.6 Å². The van der Waals surface area contributed by atoms with Gasteiger partial charge < -0.3 is 20.3 Å². The zero-order chi connectivity index (χ0) is 20.1. The number of anilines is 1. The Morgan fingerprint density at radius 1 is 1.11 bits per heavy atom. The van der Waals surface area contributed by atoms with E-state index in [0.29, 0.717) is 24.2 Å². The van der Waals surface area contributed by atoms with E-state index < -0.39 is 6.04 Å². The van der Waals surface area contributed by atoms with Gasteiger partial charge in [0.05, 0.1) is 7.11 Å². The molecule has 7 heteroatoms. The van der Waals surface area contributed by atoms with Crippen LogP contribution in [0.2, 0.25) is 0 Å². The van der Waals surface area contributed by atoms with E-state index in [1.54, 1.807) is 31.3 Å². The smallest absolute Gasteiger partial charge is 0.365 e. The molecule has 0 fully saturated rings. The van der Waals surface area contributed by atoms with Crippen molar-refractivity contribution in [2.24, 2.45) is 0 Å². The summed E-state index contributed by atoms with van der Waals surface area (Å²) in [4.78, 5) is 37.5. The third kappa shape index (κ3) is 4.37. The first-order valence-corrected chi connectivity index (χ1v) is 9.13. The lowest BCUT2D eigenvalue weighted by Crippen LogP contribution is -3.17. The number of ether oxygens (including phenoxy) is 1. The molecule has 2 atom stereocenters. The SMILES string of the molecule is CNC(=O)c1cccc(NC(=O)C[NH+]2Cc3ccccc3C[C@@H]2C(=O)OC)c1. The monoisotopic (exact) mass is 382 g/mol. The van der Waals surface area contributed by atoms with Crippen LogP contribution in [-0.2, 0) is 27.3 Å². The zero-order valence-corrected chi connectivity index (χ0v) is 16.0. The Bertz CT molecular complexity index is 897. The summed E-state index contributed by atoms with van der Waals surface area (Å²) in [7, 11) is 2.92. The van der Waals surface area contributed by atoms with Gasteiger partial charge in [-0.25, -0.2) is 4.79 Å². The molecule has 0 aliphatic carbocycles. The van der Waals surface area contributed by atoms with E-state index in [0.717, 1.165) is 16.0 Å². The molecule has 0 spiro atoms. The summed E-state index contributed by atoms with van der Waals surface area (Å²) in [6, 6.07) is 14.2. The molecule has 146 valence electrons. The number of carbonyl (C=O) groups excluding carboxylic acids is 3. The second-order valence-electron chi connectivity index (χ2n) is 6.77. The number of carbonyl (C=O) groups is 3. The first-order chi connectivity index (χ1) is 13.5. The average Bonchev–Trinajstić information content (AvgIpc) is 2.72. The van der Waals surface area contributed by atoms with Crippen molar-refractivity contribution < 1.29 is 24.0 Å². The molecule has 2 amide bonds. The van der Waals surface area contributed by atoms with Crippen molar-refractivity contribution in [2.45, 2.75) is 19.0 Å². The summed E-state index contributed by atoms with van der Waals surface area (Å²) < 4.78 is 4.95. The lowest BCUT2D eigenvalue weighted by molar-refractivity contribution is -0.924. The molecule has 2 aromatic carbocycles. The number of rotatable bonds is 5. The van der Waals surface area contributed by atoms with Crippen molar-refractivity contribution in [1.82, 2.24) is 5.32 Å². The van der Waals surface area contributed by atoms with E-state index in [-0.39, 0.29) is 24.3 Å². The van der Waals surface area contributed by atoms with Crippen LogP contribution < -0.4 is 15.5 Å². The number of nitrogens with one attached hydrogen (secondary N) is 3. The Morgan fingerprint density at radius 3 is 2.57 bits per heavy atom. The highest BCUT2D eigenvalue weighted by molar-refractivity contribution is 5.97. The highest BCUT2D eigenvalue weighted by Gasteiger charge is 2.37. The van der Waals surface area contributed by atoms with Gasteiger partial charge in [-0.3, -0.25) is 9.59 Å². The van der Waals surface area contributed by atoms with E-state index in [9.17, 15) is 14.4 Å². The number of methoxy groups -OCH3 is 1. The van der Waals surface area contributed by atoms with Gasteiger partial charge in [0.25, 0.3) is 11.8 Å². The number of benzene rings is 2. The molecule has 0 radical (unpaired) electrons. The van der Waals surface area contributed by atoms with E-state index in [4.69, 9.17) is 4.74 Å². The van der Waals surface area contributed by atoms with Gasteiger partial charge in [0.2, 0.25) is 0 Å². The van der Waals surface area contributed by atoms with Crippen molar-refractivity contribution >= 4 is 23.5 Å². The molecule has 28 heavy (non-hydrogen) atoms. The van der Waals surface area contributed by atoms with Crippen LogP contribution in [0.3, 0.4) is 0 Å². The van der Waals surface area contributed by atoms with Crippen LogP contribution in [0.15, 0.2) is 48.5 Å². The van der Waals surface area contributed by atoms with Crippen LogP contribution in [0, 0.1) is 0 Å². The molecule has 2 aromatic rings. The molecule has 1 aliphatic rings. The fourth-order valence-corrected chi connectivity index (χ4v) is 3.53. The summed E-state index contributed by atoms with van der Waals surface area (Å²) >= 11 is 0. The normalized spacial score (nSPS) is 17.9. The highest BCUT2D eigenvalue weighted by atomic mass is 16.5.